The van der Waals surface area contributed by atoms with Crippen molar-refractivity contribution < 1.29 is 0 Å². The van der Waals surface area contributed by atoms with E-state index in [0.29, 0.717) is 0 Å². The number of benzene rings is 5. The third-order valence-electron chi connectivity index (χ3n) is 7.67. The van der Waals surface area contributed by atoms with Crippen LogP contribution in [0.25, 0.3) is 33.6 Å². The third-order valence-corrected chi connectivity index (χ3v) is 7.67. The van der Waals surface area contributed by atoms with Gasteiger partial charge in [-0.25, -0.2) is 4.98 Å². The van der Waals surface area contributed by atoms with E-state index in [1.54, 1.807) is 0 Å². The lowest BCUT2D eigenvalue weighted by atomic mass is 9.99. The second kappa shape index (κ2) is 12.3. The fraction of sp³-hybridized carbons (Fsp3) is 0.103. The van der Waals surface area contributed by atoms with Gasteiger partial charge in [0.25, 0.3) is 0 Å². The molecule has 43 heavy (non-hydrogen) atoms. The average Bonchev–Trinajstić information content (AvgIpc) is 3.06. The van der Waals surface area contributed by atoms with Crippen molar-refractivity contribution in [2.45, 2.75) is 0 Å². The molecule has 0 atom stereocenters. The smallest absolute Gasteiger partial charge is 0.0715 e. The van der Waals surface area contributed by atoms with Gasteiger partial charge in [-0.3, -0.25) is 0 Å². The van der Waals surface area contributed by atoms with Crippen LogP contribution in [0.3, 0.4) is 0 Å². The Labute approximate surface area is 255 Å². The summed E-state index contributed by atoms with van der Waals surface area (Å²) >= 11 is 0. The van der Waals surface area contributed by atoms with Gasteiger partial charge in [-0.15, -0.1) is 0 Å². The summed E-state index contributed by atoms with van der Waals surface area (Å²) in [6.07, 6.45) is 0. The summed E-state index contributed by atoms with van der Waals surface area (Å²) in [7, 11) is 8.24. The average molecular weight is 561 g/mol. The van der Waals surface area contributed by atoms with Gasteiger partial charge in [0.1, 0.15) is 0 Å². The van der Waals surface area contributed by atoms with Crippen LogP contribution in [0.4, 0.5) is 28.4 Å². The summed E-state index contributed by atoms with van der Waals surface area (Å²) in [5, 5.41) is 0. The molecule has 6 aromatic rings. The van der Waals surface area contributed by atoms with Gasteiger partial charge in [0.05, 0.1) is 11.4 Å². The van der Waals surface area contributed by atoms with Crippen LogP contribution in [-0.4, -0.2) is 33.2 Å². The minimum Gasteiger partial charge on any atom is -0.378 e. The molecule has 0 unspecified atom stereocenters. The summed E-state index contributed by atoms with van der Waals surface area (Å²) in [5.74, 6) is 0. The molecular weight excluding hydrogens is 524 g/mol. The first-order valence-electron chi connectivity index (χ1n) is 14.5. The Hall–Kier alpha value is -5.35. The number of pyridine rings is 1. The quantitative estimate of drug-likeness (QED) is 0.185. The van der Waals surface area contributed by atoms with E-state index in [0.717, 1.165) is 62.1 Å². The van der Waals surface area contributed by atoms with Gasteiger partial charge in [-0.2, -0.15) is 0 Å². The molecule has 1 heterocycles. The van der Waals surface area contributed by atoms with Gasteiger partial charge in [-0.05, 0) is 83.9 Å². The summed E-state index contributed by atoms with van der Waals surface area (Å²) in [6, 6.07) is 51.4. The maximum atomic E-state index is 5.14. The monoisotopic (exact) mass is 560 g/mol. The first kappa shape index (κ1) is 27.8. The molecule has 0 N–H and O–H groups in total. The van der Waals surface area contributed by atoms with E-state index < -0.39 is 0 Å². The number of aromatic nitrogens is 1. The van der Waals surface area contributed by atoms with E-state index in [9.17, 15) is 0 Å². The molecule has 6 rings (SSSR count). The molecule has 4 heteroatoms. The van der Waals surface area contributed by atoms with Crippen LogP contribution >= 0.6 is 0 Å². The minimum absolute atomic E-state index is 0.953. The normalized spacial score (nSPS) is 10.8. The molecule has 0 amide bonds. The molecule has 0 fully saturated rings. The van der Waals surface area contributed by atoms with Gasteiger partial charge >= 0.3 is 0 Å². The number of nitrogens with zero attached hydrogens (tertiary/aromatic N) is 4. The van der Waals surface area contributed by atoms with Crippen molar-refractivity contribution in [3.63, 3.8) is 0 Å². The first-order chi connectivity index (χ1) is 21.0. The SMILES string of the molecule is CN(C)c1ccc(-c2cc(-c3ccc(N(c4ccccc4)c4ccccc4)cc3)cc(-c3ccc(N(C)C)cc3)n2)cc1. The highest BCUT2D eigenvalue weighted by molar-refractivity contribution is 5.81. The maximum absolute atomic E-state index is 5.14. The second-order valence-corrected chi connectivity index (χ2v) is 11.1. The summed E-state index contributed by atoms with van der Waals surface area (Å²) in [5.41, 5.74) is 12.0. The molecule has 0 aliphatic rings. The third kappa shape index (κ3) is 6.14. The zero-order valence-corrected chi connectivity index (χ0v) is 25.1. The lowest BCUT2D eigenvalue weighted by Crippen LogP contribution is -2.09. The van der Waals surface area contributed by atoms with Crippen LogP contribution in [0, 0.1) is 0 Å². The van der Waals surface area contributed by atoms with Crippen LogP contribution in [0.1, 0.15) is 0 Å². The zero-order chi connectivity index (χ0) is 29.8. The molecule has 0 spiro atoms. The Morgan fingerprint density at radius 2 is 0.698 bits per heavy atom. The van der Waals surface area contributed by atoms with E-state index >= 15 is 0 Å². The molecule has 0 saturated heterocycles. The zero-order valence-electron chi connectivity index (χ0n) is 25.1. The summed E-state index contributed by atoms with van der Waals surface area (Å²) in [6.45, 7) is 0. The molecular formula is C39H36N4. The van der Waals surface area contributed by atoms with Crippen molar-refractivity contribution in [3.8, 4) is 33.6 Å². The van der Waals surface area contributed by atoms with Gasteiger partial charge in [0.15, 0.2) is 0 Å². The van der Waals surface area contributed by atoms with Crippen molar-refractivity contribution in [2.75, 3.05) is 42.9 Å². The highest BCUT2D eigenvalue weighted by atomic mass is 15.1. The first-order valence-corrected chi connectivity index (χ1v) is 14.5. The molecule has 1 aromatic heterocycles. The van der Waals surface area contributed by atoms with Crippen LogP contribution < -0.4 is 14.7 Å². The molecule has 5 aromatic carbocycles. The number of hydrogen-bond donors (Lipinski definition) is 0. The van der Waals surface area contributed by atoms with E-state index in [2.05, 4.69) is 188 Å². The second-order valence-electron chi connectivity index (χ2n) is 11.1. The van der Waals surface area contributed by atoms with Crippen LogP contribution in [0.2, 0.25) is 0 Å². The van der Waals surface area contributed by atoms with Crippen molar-refractivity contribution in [3.05, 3.63) is 146 Å². The van der Waals surface area contributed by atoms with Crippen molar-refractivity contribution in [1.82, 2.24) is 4.98 Å². The standard InChI is InChI=1S/C39H36N4/c1-41(2)33-21-17-30(18-22-33)38-27-32(28-39(40-38)31-19-23-34(24-20-31)42(3)4)29-15-25-37(26-16-29)43(35-11-7-5-8-12-35)36-13-9-6-10-14-36/h5-28H,1-4H3. The molecule has 0 saturated carbocycles. The minimum atomic E-state index is 0.953. The largest absolute Gasteiger partial charge is 0.378 e. The predicted molar refractivity (Wildman–Crippen MR) is 184 cm³/mol. The van der Waals surface area contributed by atoms with Gasteiger partial charge in [-0.1, -0.05) is 72.8 Å². The Bertz CT molecular complexity index is 1670. The lowest BCUT2D eigenvalue weighted by Gasteiger charge is -2.25. The number of para-hydroxylation sites is 2. The highest BCUT2D eigenvalue weighted by Gasteiger charge is 2.14. The van der Waals surface area contributed by atoms with Gasteiger partial charge in [0.2, 0.25) is 0 Å². The molecule has 0 radical (unpaired) electrons. The molecule has 212 valence electrons. The molecule has 0 aliphatic carbocycles. The van der Waals surface area contributed by atoms with Crippen molar-refractivity contribution >= 4 is 28.4 Å². The van der Waals surface area contributed by atoms with E-state index in [1.165, 1.54) is 0 Å². The van der Waals surface area contributed by atoms with Crippen molar-refractivity contribution in [1.29, 1.82) is 0 Å². The van der Waals surface area contributed by atoms with Crippen LogP contribution in [-0.2, 0) is 0 Å². The van der Waals surface area contributed by atoms with E-state index in [4.69, 9.17) is 4.98 Å². The number of anilines is 5. The van der Waals surface area contributed by atoms with E-state index in [-0.39, 0.29) is 0 Å². The van der Waals surface area contributed by atoms with E-state index in [1.807, 2.05) is 0 Å². The molecule has 0 aliphatic heterocycles. The fourth-order valence-corrected chi connectivity index (χ4v) is 5.26. The lowest BCUT2D eigenvalue weighted by molar-refractivity contribution is 1.13. The maximum Gasteiger partial charge on any atom is 0.0715 e. The Balaban J connectivity index is 1.42. The summed E-state index contributed by atoms with van der Waals surface area (Å²) < 4.78 is 0. The fourth-order valence-electron chi connectivity index (χ4n) is 5.26. The predicted octanol–water partition coefficient (Wildman–Crippen LogP) is 9.68. The Morgan fingerprint density at radius 3 is 1.09 bits per heavy atom. The highest BCUT2D eigenvalue weighted by Crippen LogP contribution is 2.37. The molecule has 4 nitrogen and oxygen atoms in total. The topological polar surface area (TPSA) is 22.6 Å². The van der Waals surface area contributed by atoms with Gasteiger partial charge < -0.3 is 14.7 Å². The summed E-state index contributed by atoms with van der Waals surface area (Å²) in [4.78, 5) is 11.6. The van der Waals surface area contributed by atoms with Crippen molar-refractivity contribution in [2.24, 2.45) is 0 Å². The van der Waals surface area contributed by atoms with Crippen LogP contribution in [0.15, 0.2) is 146 Å². The Kier molecular flexibility index (Phi) is 7.92. The van der Waals surface area contributed by atoms with Crippen LogP contribution in [0.5, 0.6) is 0 Å². The Morgan fingerprint density at radius 1 is 0.349 bits per heavy atom. The number of rotatable bonds is 8. The van der Waals surface area contributed by atoms with Gasteiger partial charge in [0, 0.05) is 67.8 Å². The number of hydrogen-bond acceptors (Lipinski definition) is 4. The molecule has 0 bridgehead atoms.